The smallest absolute Gasteiger partial charge is 0.246 e. The summed E-state index contributed by atoms with van der Waals surface area (Å²) in [7, 11) is 0. The maximum atomic E-state index is 12.5. The SMILES string of the molecule is CC(C)c1ccc(NC(=O)Cn2nnc3ccccc32)c(C(C)C)c1. The first kappa shape index (κ1) is 17.1. The molecule has 0 unspecified atom stereocenters. The van der Waals surface area contributed by atoms with Crippen LogP contribution in [0.15, 0.2) is 42.5 Å². The molecule has 0 bridgehead atoms. The van der Waals surface area contributed by atoms with Gasteiger partial charge in [-0.15, -0.1) is 5.10 Å². The summed E-state index contributed by atoms with van der Waals surface area (Å²) < 4.78 is 1.63. The van der Waals surface area contributed by atoms with Crippen molar-refractivity contribution in [3.63, 3.8) is 0 Å². The lowest BCUT2D eigenvalue weighted by Crippen LogP contribution is -2.20. The van der Waals surface area contributed by atoms with E-state index >= 15 is 0 Å². The average Bonchev–Trinajstić information content (AvgIpc) is 2.98. The van der Waals surface area contributed by atoms with Gasteiger partial charge < -0.3 is 5.32 Å². The van der Waals surface area contributed by atoms with E-state index in [1.807, 2.05) is 30.3 Å². The molecule has 1 amide bonds. The normalized spacial score (nSPS) is 11.4. The van der Waals surface area contributed by atoms with Crippen LogP contribution in [-0.2, 0) is 11.3 Å². The number of fused-ring (bicyclic) bond motifs is 1. The van der Waals surface area contributed by atoms with Crippen LogP contribution in [0.4, 0.5) is 5.69 Å². The molecule has 3 aromatic rings. The molecule has 0 aliphatic heterocycles. The summed E-state index contributed by atoms with van der Waals surface area (Å²) in [6.07, 6.45) is 0. The number of amides is 1. The van der Waals surface area contributed by atoms with Gasteiger partial charge in [0.1, 0.15) is 12.1 Å². The molecule has 0 spiro atoms. The number of carbonyl (C=O) groups excluding carboxylic acids is 1. The van der Waals surface area contributed by atoms with Gasteiger partial charge in [-0.05, 0) is 41.2 Å². The van der Waals surface area contributed by atoms with Crippen molar-refractivity contribution in [3.05, 3.63) is 53.6 Å². The van der Waals surface area contributed by atoms with Crippen molar-refractivity contribution in [2.75, 3.05) is 5.32 Å². The van der Waals surface area contributed by atoms with E-state index in [1.54, 1.807) is 4.68 Å². The first-order valence-electron chi connectivity index (χ1n) is 8.67. The second-order valence-corrected chi connectivity index (χ2v) is 6.94. The summed E-state index contributed by atoms with van der Waals surface area (Å²) in [5, 5.41) is 11.2. The molecule has 130 valence electrons. The summed E-state index contributed by atoms with van der Waals surface area (Å²) in [6.45, 7) is 8.77. The van der Waals surface area contributed by atoms with Crippen LogP contribution in [0.25, 0.3) is 11.0 Å². The number of rotatable bonds is 5. The fraction of sp³-hybridized carbons (Fsp3) is 0.350. The molecule has 0 fully saturated rings. The maximum absolute atomic E-state index is 12.5. The molecule has 1 heterocycles. The topological polar surface area (TPSA) is 59.8 Å². The third-order valence-electron chi connectivity index (χ3n) is 4.35. The monoisotopic (exact) mass is 336 g/mol. The number of benzene rings is 2. The van der Waals surface area contributed by atoms with Crippen LogP contribution in [0.3, 0.4) is 0 Å². The Balaban J connectivity index is 1.81. The number of anilines is 1. The van der Waals surface area contributed by atoms with Crippen LogP contribution in [0, 0.1) is 0 Å². The second-order valence-electron chi connectivity index (χ2n) is 6.94. The number of hydrogen-bond donors (Lipinski definition) is 1. The predicted molar refractivity (Wildman–Crippen MR) is 101 cm³/mol. The number of nitrogens with zero attached hydrogens (tertiary/aromatic N) is 3. The summed E-state index contributed by atoms with van der Waals surface area (Å²) in [5.74, 6) is 0.694. The third kappa shape index (κ3) is 3.71. The van der Waals surface area contributed by atoms with Gasteiger partial charge >= 0.3 is 0 Å². The summed E-state index contributed by atoms with van der Waals surface area (Å²) in [5.41, 5.74) is 4.96. The number of carbonyl (C=O) groups is 1. The van der Waals surface area contributed by atoms with E-state index in [9.17, 15) is 4.79 Å². The van der Waals surface area contributed by atoms with E-state index in [1.165, 1.54) is 5.56 Å². The van der Waals surface area contributed by atoms with E-state index in [0.29, 0.717) is 11.8 Å². The molecule has 0 atom stereocenters. The highest BCUT2D eigenvalue weighted by Crippen LogP contribution is 2.28. The van der Waals surface area contributed by atoms with Crippen molar-refractivity contribution in [1.29, 1.82) is 0 Å². The molecule has 1 aromatic heterocycles. The Hall–Kier alpha value is -2.69. The van der Waals surface area contributed by atoms with E-state index in [0.717, 1.165) is 22.3 Å². The van der Waals surface area contributed by atoms with Crippen LogP contribution < -0.4 is 5.32 Å². The molecule has 1 N–H and O–H groups in total. The zero-order valence-electron chi connectivity index (χ0n) is 15.2. The highest BCUT2D eigenvalue weighted by Gasteiger charge is 2.14. The van der Waals surface area contributed by atoms with Gasteiger partial charge in [0.2, 0.25) is 5.91 Å². The van der Waals surface area contributed by atoms with Crippen LogP contribution in [0.5, 0.6) is 0 Å². The molecular formula is C20H24N4O. The zero-order chi connectivity index (χ0) is 18.0. The molecule has 3 rings (SSSR count). The Labute approximate surface area is 148 Å². The number of para-hydroxylation sites is 1. The summed E-state index contributed by atoms with van der Waals surface area (Å²) in [4.78, 5) is 12.5. The van der Waals surface area contributed by atoms with Gasteiger partial charge in [0, 0.05) is 5.69 Å². The van der Waals surface area contributed by atoms with Crippen molar-refractivity contribution in [2.24, 2.45) is 0 Å². The minimum absolute atomic E-state index is 0.102. The van der Waals surface area contributed by atoms with E-state index in [4.69, 9.17) is 0 Å². The van der Waals surface area contributed by atoms with Gasteiger partial charge in [-0.25, -0.2) is 4.68 Å². The van der Waals surface area contributed by atoms with Crippen LogP contribution >= 0.6 is 0 Å². The molecule has 0 aliphatic rings. The number of hydrogen-bond acceptors (Lipinski definition) is 3. The Morgan fingerprint density at radius 3 is 2.56 bits per heavy atom. The lowest BCUT2D eigenvalue weighted by atomic mass is 9.94. The molecule has 5 nitrogen and oxygen atoms in total. The fourth-order valence-corrected chi connectivity index (χ4v) is 2.89. The van der Waals surface area contributed by atoms with Crippen molar-refractivity contribution in [3.8, 4) is 0 Å². The van der Waals surface area contributed by atoms with Crippen LogP contribution in [-0.4, -0.2) is 20.9 Å². The minimum Gasteiger partial charge on any atom is -0.324 e. The van der Waals surface area contributed by atoms with Gasteiger partial charge in [-0.3, -0.25) is 4.79 Å². The molecule has 0 radical (unpaired) electrons. The molecule has 5 heteroatoms. The Morgan fingerprint density at radius 1 is 1.08 bits per heavy atom. The summed E-state index contributed by atoms with van der Waals surface area (Å²) in [6, 6.07) is 13.9. The molecule has 0 saturated carbocycles. The molecule has 0 aliphatic carbocycles. The highest BCUT2D eigenvalue weighted by atomic mass is 16.2. The average molecular weight is 336 g/mol. The lowest BCUT2D eigenvalue weighted by molar-refractivity contribution is -0.116. The minimum atomic E-state index is -0.102. The van der Waals surface area contributed by atoms with E-state index in [-0.39, 0.29) is 12.5 Å². The third-order valence-corrected chi connectivity index (χ3v) is 4.35. The first-order chi connectivity index (χ1) is 12.0. The Kier molecular flexibility index (Phi) is 4.83. The van der Waals surface area contributed by atoms with Crippen molar-refractivity contribution in [1.82, 2.24) is 15.0 Å². The second kappa shape index (κ2) is 7.05. The number of nitrogens with one attached hydrogen (secondary N) is 1. The van der Waals surface area contributed by atoms with Gasteiger partial charge in [-0.1, -0.05) is 57.2 Å². The lowest BCUT2D eigenvalue weighted by Gasteiger charge is -2.17. The van der Waals surface area contributed by atoms with Crippen molar-refractivity contribution in [2.45, 2.75) is 46.1 Å². The quantitative estimate of drug-likeness (QED) is 0.755. The molecular weight excluding hydrogens is 312 g/mol. The summed E-state index contributed by atoms with van der Waals surface area (Å²) >= 11 is 0. The van der Waals surface area contributed by atoms with Crippen LogP contribution in [0.1, 0.15) is 50.7 Å². The highest BCUT2D eigenvalue weighted by molar-refractivity contribution is 5.92. The van der Waals surface area contributed by atoms with Gasteiger partial charge in [0.25, 0.3) is 0 Å². The Bertz CT molecular complexity index is 896. The molecule has 25 heavy (non-hydrogen) atoms. The van der Waals surface area contributed by atoms with E-state index < -0.39 is 0 Å². The molecule has 2 aromatic carbocycles. The van der Waals surface area contributed by atoms with Crippen molar-refractivity contribution >= 4 is 22.6 Å². The largest absolute Gasteiger partial charge is 0.324 e. The first-order valence-corrected chi connectivity index (χ1v) is 8.67. The van der Waals surface area contributed by atoms with Gasteiger partial charge in [0.15, 0.2) is 0 Å². The van der Waals surface area contributed by atoms with Gasteiger partial charge in [0.05, 0.1) is 5.52 Å². The fourth-order valence-electron chi connectivity index (χ4n) is 2.89. The van der Waals surface area contributed by atoms with Crippen molar-refractivity contribution < 1.29 is 4.79 Å². The molecule has 0 saturated heterocycles. The standard InChI is InChI=1S/C20H24N4O/c1-13(2)15-9-10-17(16(11-15)14(3)4)21-20(25)12-24-19-8-6-5-7-18(19)22-23-24/h5-11,13-14H,12H2,1-4H3,(H,21,25). The van der Waals surface area contributed by atoms with Gasteiger partial charge in [-0.2, -0.15) is 0 Å². The maximum Gasteiger partial charge on any atom is 0.246 e. The van der Waals surface area contributed by atoms with E-state index in [2.05, 4.69) is 55.5 Å². The predicted octanol–water partition coefficient (Wildman–Crippen LogP) is 4.32. The zero-order valence-corrected chi connectivity index (χ0v) is 15.2. The Morgan fingerprint density at radius 2 is 1.84 bits per heavy atom. The van der Waals surface area contributed by atoms with Crippen LogP contribution in [0.2, 0.25) is 0 Å². The number of aromatic nitrogens is 3.